The van der Waals surface area contributed by atoms with E-state index in [1.54, 1.807) is 24.3 Å². The van der Waals surface area contributed by atoms with Gasteiger partial charge in [0, 0.05) is 9.24 Å². The van der Waals surface area contributed by atoms with Crippen molar-refractivity contribution in [1.29, 1.82) is 0 Å². The van der Waals surface area contributed by atoms with Crippen LogP contribution in [0.5, 0.6) is 0 Å². The van der Waals surface area contributed by atoms with E-state index in [1.165, 1.54) is 27.7 Å². The molecule has 3 heterocycles. The van der Waals surface area contributed by atoms with Gasteiger partial charge < -0.3 is 10.6 Å². The molecule has 122 valence electrons. The average molecular weight is 327 g/mol. The third-order valence-corrected chi connectivity index (χ3v) is 4.09. The molecular weight excluding hydrogens is 309 g/mol. The first kappa shape index (κ1) is 12.5. The highest BCUT2D eigenvalue weighted by molar-refractivity contribution is 5.91. The first-order valence-corrected chi connectivity index (χ1v) is 7.56. The van der Waals surface area contributed by atoms with Crippen LogP contribution in [-0.2, 0) is 0 Å². The standard InChI is InChI=1S/C17H16FN5O/c18-12-4-1-3-11(9-12)13-5-2-8-22(13)16-7-6-15-20-10-14(17(19)24)23(15)21-16/h1,3-4,6-7,9-10,13H,2,5,8H2,(H2,19,24)/t13-/m0/s1/i8D2. The highest BCUT2D eigenvalue weighted by atomic mass is 19.1. The Hall–Kier alpha value is -2.96. The van der Waals surface area contributed by atoms with Crippen LogP contribution in [0.2, 0.25) is 0 Å². The molecule has 6 nitrogen and oxygen atoms in total. The van der Waals surface area contributed by atoms with Gasteiger partial charge in [-0.15, -0.1) is 5.10 Å². The number of primary amides is 1. The van der Waals surface area contributed by atoms with Gasteiger partial charge in [-0.2, -0.15) is 0 Å². The Balaban J connectivity index is 1.83. The van der Waals surface area contributed by atoms with E-state index < -0.39 is 12.4 Å². The Labute approximate surface area is 140 Å². The smallest absolute Gasteiger partial charge is 0.269 e. The summed E-state index contributed by atoms with van der Waals surface area (Å²) in [6.07, 6.45) is 2.13. The second-order valence-electron chi connectivity index (χ2n) is 5.61. The highest BCUT2D eigenvalue weighted by Crippen LogP contribution is 2.35. The Morgan fingerprint density at radius 2 is 2.25 bits per heavy atom. The number of benzene rings is 1. The lowest BCUT2D eigenvalue weighted by atomic mass is 10.0. The molecule has 3 aromatic rings. The molecule has 0 saturated carbocycles. The molecule has 4 rings (SSSR count). The van der Waals surface area contributed by atoms with E-state index in [2.05, 4.69) is 10.1 Å². The summed E-state index contributed by atoms with van der Waals surface area (Å²) in [5.74, 6) is -0.716. The largest absolute Gasteiger partial charge is 0.364 e. The predicted molar refractivity (Wildman–Crippen MR) is 87.2 cm³/mol. The molecule has 1 atom stereocenters. The number of fused-ring (bicyclic) bond motifs is 1. The van der Waals surface area contributed by atoms with Crippen molar-refractivity contribution < 1.29 is 11.9 Å². The zero-order chi connectivity index (χ0) is 18.5. The van der Waals surface area contributed by atoms with Crippen LogP contribution < -0.4 is 10.6 Å². The summed E-state index contributed by atoms with van der Waals surface area (Å²) in [7, 11) is 0. The van der Waals surface area contributed by atoms with Gasteiger partial charge in [-0.25, -0.2) is 13.9 Å². The van der Waals surface area contributed by atoms with Crippen LogP contribution in [0.1, 0.15) is 37.7 Å². The Morgan fingerprint density at radius 3 is 3.04 bits per heavy atom. The minimum Gasteiger partial charge on any atom is -0.364 e. The van der Waals surface area contributed by atoms with Crippen LogP contribution in [-0.4, -0.2) is 27.0 Å². The fourth-order valence-electron chi connectivity index (χ4n) is 2.99. The van der Waals surface area contributed by atoms with E-state index >= 15 is 0 Å². The molecule has 2 N–H and O–H groups in total. The summed E-state index contributed by atoms with van der Waals surface area (Å²) in [5, 5.41) is 4.38. The van der Waals surface area contributed by atoms with Gasteiger partial charge in [0.25, 0.3) is 5.91 Å². The number of nitrogens with zero attached hydrogens (tertiary/aromatic N) is 4. The van der Waals surface area contributed by atoms with E-state index in [9.17, 15) is 9.18 Å². The second-order valence-corrected chi connectivity index (χ2v) is 5.61. The number of nitrogens with two attached hydrogens (primary N) is 1. The van der Waals surface area contributed by atoms with Gasteiger partial charge in [0.15, 0.2) is 5.65 Å². The van der Waals surface area contributed by atoms with Crippen molar-refractivity contribution in [2.24, 2.45) is 5.73 Å². The molecule has 1 aromatic carbocycles. The molecule has 0 unspecified atom stereocenters. The minimum absolute atomic E-state index is 0.115. The van der Waals surface area contributed by atoms with Gasteiger partial charge in [0.2, 0.25) is 0 Å². The van der Waals surface area contributed by atoms with Gasteiger partial charge in [-0.1, -0.05) is 12.1 Å². The quantitative estimate of drug-likeness (QED) is 0.801. The fourth-order valence-corrected chi connectivity index (χ4v) is 2.99. The third-order valence-electron chi connectivity index (χ3n) is 4.09. The molecule has 1 amide bonds. The number of rotatable bonds is 3. The molecule has 0 bridgehead atoms. The van der Waals surface area contributed by atoms with Gasteiger partial charge in [0.1, 0.15) is 17.3 Å². The molecule has 24 heavy (non-hydrogen) atoms. The van der Waals surface area contributed by atoms with E-state index in [-0.39, 0.29) is 24.0 Å². The van der Waals surface area contributed by atoms with Crippen molar-refractivity contribution in [3.8, 4) is 0 Å². The first-order chi connectivity index (χ1) is 12.4. The Kier molecular flexibility index (Phi) is 2.90. The second kappa shape index (κ2) is 5.59. The molecule has 1 fully saturated rings. The number of aromatic nitrogens is 3. The molecule has 1 saturated heterocycles. The number of amides is 1. The summed E-state index contributed by atoms with van der Waals surface area (Å²) in [6, 6.07) is 9.05. The van der Waals surface area contributed by atoms with Crippen molar-refractivity contribution >= 4 is 17.4 Å². The molecule has 1 aliphatic heterocycles. The zero-order valence-corrected chi connectivity index (χ0v) is 12.7. The van der Waals surface area contributed by atoms with Crippen LogP contribution in [0.3, 0.4) is 0 Å². The highest BCUT2D eigenvalue weighted by Gasteiger charge is 2.28. The van der Waals surface area contributed by atoms with Crippen LogP contribution in [0.25, 0.3) is 5.65 Å². The number of carbonyl (C=O) groups excluding carboxylic acids is 1. The lowest BCUT2D eigenvalue weighted by Crippen LogP contribution is -2.25. The Morgan fingerprint density at radius 1 is 1.38 bits per heavy atom. The average Bonchev–Trinajstić information content (AvgIpc) is 3.14. The SMILES string of the molecule is [2H]C1([2H])CC[C@@H](c2cccc(F)c2)N1c1ccc2ncc(C(N)=O)n2n1. The molecule has 1 aliphatic rings. The zero-order valence-electron chi connectivity index (χ0n) is 14.7. The summed E-state index contributed by atoms with van der Waals surface area (Å²) in [5.41, 5.74) is 6.57. The predicted octanol–water partition coefficient (Wildman–Crippen LogP) is 2.31. The van der Waals surface area contributed by atoms with E-state index in [0.29, 0.717) is 23.4 Å². The number of hydrogen-bond donors (Lipinski definition) is 1. The van der Waals surface area contributed by atoms with Gasteiger partial charge >= 0.3 is 0 Å². The van der Waals surface area contributed by atoms with Gasteiger partial charge in [-0.3, -0.25) is 4.79 Å². The Bertz CT molecular complexity index is 1010. The third kappa shape index (κ3) is 2.38. The molecule has 0 aliphatic carbocycles. The lowest BCUT2D eigenvalue weighted by molar-refractivity contribution is 0.0993. The van der Waals surface area contributed by atoms with E-state index in [4.69, 9.17) is 8.48 Å². The number of anilines is 1. The van der Waals surface area contributed by atoms with E-state index in [0.717, 1.165) is 0 Å². The maximum atomic E-state index is 13.7. The first-order valence-electron chi connectivity index (χ1n) is 8.56. The number of imidazole rings is 1. The van der Waals surface area contributed by atoms with Gasteiger partial charge in [-0.05, 0) is 42.7 Å². The minimum atomic E-state index is -1.66. The molecule has 0 radical (unpaired) electrons. The maximum Gasteiger partial charge on any atom is 0.269 e. The monoisotopic (exact) mass is 327 g/mol. The molecule has 0 spiro atoms. The van der Waals surface area contributed by atoms with Crippen molar-refractivity contribution in [2.75, 3.05) is 11.4 Å². The van der Waals surface area contributed by atoms with Crippen LogP contribution in [0.15, 0.2) is 42.6 Å². The fraction of sp³-hybridized carbons (Fsp3) is 0.235. The van der Waals surface area contributed by atoms with Crippen LogP contribution in [0.4, 0.5) is 10.2 Å². The number of halogens is 1. The van der Waals surface area contributed by atoms with Crippen molar-refractivity contribution in [3.63, 3.8) is 0 Å². The normalized spacial score (nSPS) is 20.9. The number of carbonyl (C=O) groups is 1. The summed E-state index contributed by atoms with van der Waals surface area (Å²) < 4.78 is 31.7. The summed E-state index contributed by atoms with van der Waals surface area (Å²) in [6.45, 7) is -1.66. The van der Waals surface area contributed by atoms with E-state index in [1.807, 2.05) is 0 Å². The lowest BCUT2D eigenvalue weighted by Gasteiger charge is -2.26. The van der Waals surface area contributed by atoms with Crippen LogP contribution in [0, 0.1) is 5.82 Å². The number of hydrogen-bond acceptors (Lipinski definition) is 4. The van der Waals surface area contributed by atoms with Crippen molar-refractivity contribution in [3.05, 3.63) is 59.7 Å². The summed E-state index contributed by atoms with van der Waals surface area (Å²) in [4.78, 5) is 17.1. The molecular formula is C17H16FN5O. The topological polar surface area (TPSA) is 76.5 Å². The van der Waals surface area contributed by atoms with Crippen molar-refractivity contribution in [1.82, 2.24) is 14.6 Å². The maximum absolute atomic E-state index is 13.7. The summed E-state index contributed by atoms with van der Waals surface area (Å²) >= 11 is 0. The van der Waals surface area contributed by atoms with Crippen LogP contribution >= 0.6 is 0 Å². The van der Waals surface area contributed by atoms with Gasteiger partial charge in [0.05, 0.1) is 12.2 Å². The van der Waals surface area contributed by atoms with Crippen molar-refractivity contribution in [2.45, 2.75) is 18.9 Å². The molecule has 7 heteroatoms. The molecule has 2 aromatic heterocycles.